The standard InChI is InChI=1S/C12H15NO5/c13-11(16)9-1-2-10(12(17)18)8(4-6-15)7(9)3-5-14/h1-2,14-15H,3-6H2,(H2,13,16)(H,17,18). The minimum absolute atomic E-state index is 0.0116. The molecule has 18 heavy (non-hydrogen) atoms. The van der Waals surface area contributed by atoms with E-state index in [1.54, 1.807) is 0 Å². The lowest BCUT2D eigenvalue weighted by atomic mass is 9.91. The van der Waals surface area contributed by atoms with E-state index >= 15 is 0 Å². The first kappa shape index (κ1) is 14.1. The largest absolute Gasteiger partial charge is 0.478 e. The molecule has 0 fully saturated rings. The van der Waals surface area contributed by atoms with E-state index in [4.69, 9.17) is 21.1 Å². The van der Waals surface area contributed by atoms with Gasteiger partial charge in [-0.2, -0.15) is 0 Å². The van der Waals surface area contributed by atoms with Gasteiger partial charge >= 0.3 is 5.97 Å². The summed E-state index contributed by atoms with van der Waals surface area (Å²) in [6, 6.07) is 2.62. The fourth-order valence-corrected chi connectivity index (χ4v) is 1.92. The van der Waals surface area contributed by atoms with Crippen LogP contribution in [0.15, 0.2) is 12.1 Å². The van der Waals surface area contributed by atoms with Crippen LogP contribution in [0.4, 0.5) is 0 Å². The lowest BCUT2D eigenvalue weighted by Gasteiger charge is -2.14. The van der Waals surface area contributed by atoms with E-state index in [2.05, 4.69) is 0 Å². The number of hydrogen-bond acceptors (Lipinski definition) is 4. The molecule has 1 aromatic rings. The number of benzene rings is 1. The lowest BCUT2D eigenvalue weighted by molar-refractivity contribution is 0.0694. The molecule has 0 saturated carbocycles. The number of carbonyl (C=O) groups excluding carboxylic acids is 1. The Hall–Kier alpha value is -1.92. The van der Waals surface area contributed by atoms with Gasteiger partial charge in [0.15, 0.2) is 0 Å². The lowest BCUT2D eigenvalue weighted by Crippen LogP contribution is -2.18. The van der Waals surface area contributed by atoms with Crippen LogP contribution in [0, 0.1) is 0 Å². The van der Waals surface area contributed by atoms with Crippen molar-refractivity contribution in [2.75, 3.05) is 13.2 Å². The molecule has 0 bridgehead atoms. The third kappa shape index (κ3) is 2.85. The molecule has 0 aliphatic carbocycles. The number of carboxylic acid groups (broad SMARTS) is 1. The van der Waals surface area contributed by atoms with Crippen molar-refractivity contribution >= 4 is 11.9 Å². The van der Waals surface area contributed by atoms with Crippen molar-refractivity contribution in [1.82, 2.24) is 0 Å². The summed E-state index contributed by atoms with van der Waals surface area (Å²) in [5.74, 6) is -1.83. The molecule has 6 nitrogen and oxygen atoms in total. The first-order chi connectivity index (χ1) is 8.52. The predicted molar refractivity (Wildman–Crippen MR) is 63.5 cm³/mol. The number of primary amides is 1. The van der Waals surface area contributed by atoms with Crippen molar-refractivity contribution in [1.29, 1.82) is 0 Å². The summed E-state index contributed by atoms with van der Waals surface area (Å²) in [6.45, 7) is -0.483. The molecule has 0 atom stereocenters. The first-order valence-corrected chi connectivity index (χ1v) is 5.42. The van der Waals surface area contributed by atoms with Crippen molar-refractivity contribution in [2.24, 2.45) is 5.73 Å². The molecule has 5 N–H and O–H groups in total. The number of hydrogen-bond donors (Lipinski definition) is 4. The smallest absolute Gasteiger partial charge is 0.335 e. The molecule has 6 heteroatoms. The Morgan fingerprint density at radius 3 is 1.83 bits per heavy atom. The number of carbonyl (C=O) groups is 2. The zero-order valence-corrected chi connectivity index (χ0v) is 9.72. The summed E-state index contributed by atoms with van der Waals surface area (Å²) < 4.78 is 0. The Balaban J connectivity index is 3.48. The Bertz CT molecular complexity index is 427. The molecule has 0 aliphatic rings. The Labute approximate surface area is 104 Å². The topological polar surface area (TPSA) is 121 Å². The van der Waals surface area contributed by atoms with E-state index in [9.17, 15) is 9.59 Å². The highest BCUT2D eigenvalue weighted by molar-refractivity contribution is 5.97. The van der Waals surface area contributed by atoms with Gasteiger partial charge in [0.05, 0.1) is 5.56 Å². The molecule has 1 rings (SSSR count). The predicted octanol–water partition coefficient (Wildman–Crippen LogP) is -0.447. The van der Waals surface area contributed by atoms with Gasteiger partial charge in [-0.3, -0.25) is 4.79 Å². The molecule has 0 aromatic heterocycles. The van der Waals surface area contributed by atoms with Crippen LogP contribution >= 0.6 is 0 Å². The minimum Gasteiger partial charge on any atom is -0.478 e. The van der Waals surface area contributed by atoms with E-state index in [1.165, 1.54) is 12.1 Å². The van der Waals surface area contributed by atoms with Crippen LogP contribution in [0.3, 0.4) is 0 Å². The second-order valence-corrected chi connectivity index (χ2v) is 3.73. The number of aromatic carboxylic acids is 1. The summed E-state index contributed by atoms with van der Waals surface area (Å²) in [7, 11) is 0. The van der Waals surface area contributed by atoms with Gasteiger partial charge in [-0.05, 0) is 36.1 Å². The number of aliphatic hydroxyl groups is 2. The highest BCUT2D eigenvalue weighted by Crippen LogP contribution is 2.21. The van der Waals surface area contributed by atoms with Crippen molar-refractivity contribution in [3.63, 3.8) is 0 Å². The molecule has 0 saturated heterocycles. The Kier molecular flexibility index (Phi) is 4.82. The summed E-state index contributed by atoms with van der Waals surface area (Å²) in [4.78, 5) is 22.3. The second kappa shape index (κ2) is 6.13. The van der Waals surface area contributed by atoms with Crippen LogP contribution < -0.4 is 5.73 Å². The zero-order chi connectivity index (χ0) is 13.7. The molecular formula is C12H15NO5. The van der Waals surface area contributed by atoms with Gasteiger partial charge < -0.3 is 21.1 Å². The highest BCUT2D eigenvalue weighted by Gasteiger charge is 2.19. The van der Waals surface area contributed by atoms with Gasteiger partial charge in [-0.25, -0.2) is 4.79 Å². The normalized spacial score (nSPS) is 10.3. The van der Waals surface area contributed by atoms with E-state index < -0.39 is 11.9 Å². The maximum absolute atomic E-state index is 11.3. The van der Waals surface area contributed by atoms with Crippen molar-refractivity contribution in [3.8, 4) is 0 Å². The van der Waals surface area contributed by atoms with Gasteiger partial charge in [0.2, 0.25) is 5.91 Å². The second-order valence-electron chi connectivity index (χ2n) is 3.73. The fraction of sp³-hybridized carbons (Fsp3) is 0.333. The third-order valence-corrected chi connectivity index (χ3v) is 2.65. The molecule has 98 valence electrons. The van der Waals surface area contributed by atoms with Crippen molar-refractivity contribution < 1.29 is 24.9 Å². The van der Waals surface area contributed by atoms with Crippen LogP contribution in [0.1, 0.15) is 31.8 Å². The number of amides is 1. The summed E-state index contributed by atoms with van der Waals surface area (Å²) >= 11 is 0. The molecule has 0 aliphatic heterocycles. The molecule has 0 spiro atoms. The maximum Gasteiger partial charge on any atom is 0.335 e. The van der Waals surface area contributed by atoms with Crippen molar-refractivity contribution in [3.05, 3.63) is 34.4 Å². The Morgan fingerprint density at radius 1 is 1.00 bits per heavy atom. The average molecular weight is 253 g/mol. The minimum atomic E-state index is -1.14. The SMILES string of the molecule is NC(=O)c1ccc(C(=O)O)c(CCO)c1CCO. The van der Waals surface area contributed by atoms with Gasteiger partial charge in [0.1, 0.15) is 0 Å². The van der Waals surface area contributed by atoms with Gasteiger partial charge in [-0.1, -0.05) is 0 Å². The monoisotopic (exact) mass is 253 g/mol. The van der Waals surface area contributed by atoms with E-state index in [0.717, 1.165) is 0 Å². The van der Waals surface area contributed by atoms with Gasteiger partial charge in [0.25, 0.3) is 0 Å². The van der Waals surface area contributed by atoms with Gasteiger partial charge in [-0.15, -0.1) is 0 Å². The van der Waals surface area contributed by atoms with Crippen LogP contribution in [0.2, 0.25) is 0 Å². The van der Waals surface area contributed by atoms with Crippen LogP contribution in [0.25, 0.3) is 0 Å². The number of carboxylic acids is 1. The van der Waals surface area contributed by atoms with Crippen LogP contribution in [0.5, 0.6) is 0 Å². The molecule has 0 unspecified atom stereocenters. The average Bonchev–Trinajstić information content (AvgIpc) is 2.30. The molecule has 1 aromatic carbocycles. The number of rotatable bonds is 6. The first-order valence-electron chi connectivity index (χ1n) is 5.42. The highest BCUT2D eigenvalue weighted by atomic mass is 16.4. The van der Waals surface area contributed by atoms with E-state index in [-0.39, 0.29) is 37.2 Å². The quantitative estimate of drug-likeness (QED) is 0.547. The number of nitrogens with two attached hydrogens (primary N) is 1. The van der Waals surface area contributed by atoms with E-state index in [1.807, 2.05) is 0 Å². The third-order valence-electron chi connectivity index (χ3n) is 2.65. The number of aliphatic hydroxyl groups excluding tert-OH is 2. The van der Waals surface area contributed by atoms with Crippen LogP contribution in [-0.2, 0) is 12.8 Å². The zero-order valence-electron chi connectivity index (χ0n) is 9.72. The Morgan fingerprint density at radius 2 is 1.44 bits per heavy atom. The van der Waals surface area contributed by atoms with Crippen molar-refractivity contribution in [2.45, 2.75) is 12.8 Å². The molecular weight excluding hydrogens is 238 g/mol. The molecule has 0 heterocycles. The maximum atomic E-state index is 11.3. The summed E-state index contributed by atoms with van der Waals surface area (Å²) in [5.41, 5.74) is 6.13. The fourth-order valence-electron chi connectivity index (χ4n) is 1.92. The van der Waals surface area contributed by atoms with Gasteiger partial charge in [0, 0.05) is 18.8 Å². The summed E-state index contributed by atoms with van der Waals surface area (Å²) in [5, 5.41) is 27.0. The molecule has 0 radical (unpaired) electrons. The van der Waals surface area contributed by atoms with Crippen LogP contribution in [-0.4, -0.2) is 40.4 Å². The van der Waals surface area contributed by atoms with E-state index in [0.29, 0.717) is 11.1 Å². The molecule has 1 amide bonds. The summed E-state index contributed by atoms with van der Waals surface area (Å²) in [6.07, 6.45) is 0.215.